The Labute approximate surface area is 358 Å². The van der Waals surface area contributed by atoms with Gasteiger partial charge in [-0.25, -0.2) is 0 Å². The van der Waals surface area contributed by atoms with Crippen molar-refractivity contribution in [3.63, 3.8) is 0 Å². The van der Waals surface area contributed by atoms with E-state index in [4.69, 9.17) is 0 Å². The number of nitrogens with zero attached hydrogens (tertiary/aromatic N) is 2. The highest BCUT2D eigenvalue weighted by Gasteiger charge is 2.20. The summed E-state index contributed by atoms with van der Waals surface area (Å²) < 4.78 is 4.88. The number of fused-ring (bicyclic) bond motifs is 12. The van der Waals surface area contributed by atoms with Crippen molar-refractivity contribution >= 4 is 75.9 Å². The van der Waals surface area contributed by atoms with Crippen LogP contribution in [0, 0.1) is 0 Å². The van der Waals surface area contributed by atoms with Gasteiger partial charge in [0.2, 0.25) is 0 Å². The Hall–Kier alpha value is -8.20. The lowest BCUT2D eigenvalue weighted by atomic mass is 9.88. The van der Waals surface area contributed by atoms with Crippen molar-refractivity contribution in [2.45, 2.75) is 0 Å². The summed E-state index contributed by atoms with van der Waals surface area (Å²) in [5, 5.41) is 12.6. The Balaban J connectivity index is 1.02. The first-order chi connectivity index (χ1) is 30.8. The van der Waals surface area contributed by atoms with E-state index in [9.17, 15) is 0 Å². The topological polar surface area (TPSA) is 9.86 Å². The number of para-hydroxylation sites is 3. The third kappa shape index (κ3) is 5.17. The SMILES string of the molecule is c1ccc(-c2ccc(-c3cccc4c3c3ccccc3c3cccc(-n5c6ccccc6c6cc(-c7ccc8c(c7)c7ccccc7n8-c7ccccc7)ccc65)c34)cc2)cc1. The molecule has 288 valence electrons. The highest BCUT2D eigenvalue weighted by atomic mass is 15.0. The molecule has 11 aromatic carbocycles. The highest BCUT2D eigenvalue weighted by molar-refractivity contribution is 6.30. The molecule has 2 heteroatoms. The molecule has 0 saturated carbocycles. The van der Waals surface area contributed by atoms with Gasteiger partial charge in [0.1, 0.15) is 0 Å². The first-order valence-electron chi connectivity index (χ1n) is 21.4. The summed E-state index contributed by atoms with van der Waals surface area (Å²) in [5.74, 6) is 0. The number of benzene rings is 11. The van der Waals surface area contributed by atoms with Gasteiger partial charge in [0.25, 0.3) is 0 Å². The van der Waals surface area contributed by atoms with Crippen LogP contribution in [0.15, 0.2) is 231 Å². The number of hydrogen-bond donors (Lipinski definition) is 0. The lowest BCUT2D eigenvalue weighted by Gasteiger charge is -2.18. The van der Waals surface area contributed by atoms with E-state index in [1.54, 1.807) is 0 Å². The van der Waals surface area contributed by atoms with E-state index in [0.29, 0.717) is 0 Å². The summed E-state index contributed by atoms with van der Waals surface area (Å²) >= 11 is 0. The smallest absolute Gasteiger partial charge is 0.0547 e. The molecule has 0 aliphatic carbocycles. The molecule has 13 rings (SSSR count). The maximum Gasteiger partial charge on any atom is 0.0547 e. The molecule has 2 aromatic heterocycles. The summed E-state index contributed by atoms with van der Waals surface area (Å²) in [6.07, 6.45) is 0. The van der Waals surface area contributed by atoms with Gasteiger partial charge in [-0.2, -0.15) is 0 Å². The van der Waals surface area contributed by atoms with Crippen LogP contribution in [0.2, 0.25) is 0 Å². The van der Waals surface area contributed by atoms with Crippen molar-refractivity contribution in [3.05, 3.63) is 231 Å². The lowest BCUT2D eigenvalue weighted by Crippen LogP contribution is -1.97. The van der Waals surface area contributed by atoms with Gasteiger partial charge in [-0.3, -0.25) is 0 Å². The summed E-state index contributed by atoms with van der Waals surface area (Å²) in [7, 11) is 0. The Bertz CT molecular complexity index is 3890. The third-order valence-corrected chi connectivity index (χ3v) is 13.1. The lowest BCUT2D eigenvalue weighted by molar-refractivity contribution is 1.18. The fourth-order valence-electron chi connectivity index (χ4n) is 10.4. The second-order valence-electron chi connectivity index (χ2n) is 16.4. The minimum absolute atomic E-state index is 1.17. The van der Waals surface area contributed by atoms with Crippen molar-refractivity contribution in [3.8, 4) is 44.8 Å². The van der Waals surface area contributed by atoms with Crippen LogP contribution < -0.4 is 0 Å². The Kier molecular flexibility index (Phi) is 7.64. The molecule has 0 N–H and O–H groups in total. The summed E-state index contributed by atoms with van der Waals surface area (Å²) in [6.45, 7) is 0. The summed E-state index contributed by atoms with van der Waals surface area (Å²) in [6, 6.07) is 84.7. The predicted molar refractivity (Wildman–Crippen MR) is 264 cm³/mol. The molecule has 0 aliphatic rings. The molecule has 0 amide bonds. The molecule has 0 fully saturated rings. The van der Waals surface area contributed by atoms with Crippen molar-refractivity contribution in [2.75, 3.05) is 0 Å². The van der Waals surface area contributed by atoms with Crippen LogP contribution in [0.5, 0.6) is 0 Å². The third-order valence-electron chi connectivity index (χ3n) is 13.1. The Morgan fingerprint density at radius 2 is 0.677 bits per heavy atom. The molecule has 2 heterocycles. The molecular formula is C60H38N2. The number of aromatic nitrogens is 2. The molecule has 0 atom stereocenters. The second-order valence-corrected chi connectivity index (χ2v) is 16.4. The van der Waals surface area contributed by atoms with Crippen LogP contribution in [0.1, 0.15) is 0 Å². The molecule has 0 unspecified atom stereocenters. The van der Waals surface area contributed by atoms with Gasteiger partial charge in [0, 0.05) is 32.6 Å². The standard InChI is InChI=1S/C60H38N2/c1-3-15-39(16-4-1)40-29-31-41(32-30-40)45-23-13-25-51-59(45)49-22-8-7-19-46(49)50-24-14-28-58(60(50)51)62-55-27-12-10-21-48(55)53-38-43(34-36-57(53)62)42-33-35-56-52(37-42)47-20-9-11-26-54(47)61(56)44-17-5-2-6-18-44/h1-38H. The average molecular weight is 787 g/mol. The van der Waals surface area contributed by atoms with Crippen LogP contribution in [0.3, 0.4) is 0 Å². The van der Waals surface area contributed by atoms with Gasteiger partial charge in [-0.05, 0) is 115 Å². The Morgan fingerprint density at radius 3 is 1.37 bits per heavy atom. The van der Waals surface area contributed by atoms with Crippen molar-refractivity contribution in [2.24, 2.45) is 0 Å². The fourth-order valence-corrected chi connectivity index (χ4v) is 10.4. The molecule has 2 nitrogen and oxygen atoms in total. The van der Waals surface area contributed by atoms with E-state index in [2.05, 4.69) is 240 Å². The van der Waals surface area contributed by atoms with Crippen LogP contribution in [-0.4, -0.2) is 9.13 Å². The Morgan fingerprint density at radius 1 is 0.226 bits per heavy atom. The van der Waals surface area contributed by atoms with E-state index in [-0.39, 0.29) is 0 Å². The van der Waals surface area contributed by atoms with Gasteiger partial charge in [-0.1, -0.05) is 176 Å². The zero-order valence-corrected chi connectivity index (χ0v) is 33.8. The molecule has 62 heavy (non-hydrogen) atoms. The van der Waals surface area contributed by atoms with E-state index in [1.807, 2.05) is 0 Å². The van der Waals surface area contributed by atoms with Crippen LogP contribution in [0.4, 0.5) is 0 Å². The normalized spacial score (nSPS) is 11.9. The maximum absolute atomic E-state index is 2.50. The first-order valence-corrected chi connectivity index (χ1v) is 21.4. The second kappa shape index (κ2) is 13.7. The first kappa shape index (κ1) is 34.6. The minimum atomic E-state index is 1.17. The maximum atomic E-state index is 2.50. The largest absolute Gasteiger partial charge is 0.309 e. The van der Waals surface area contributed by atoms with E-state index in [1.165, 1.54) is 121 Å². The van der Waals surface area contributed by atoms with E-state index >= 15 is 0 Å². The molecular weight excluding hydrogens is 749 g/mol. The van der Waals surface area contributed by atoms with Crippen molar-refractivity contribution in [1.29, 1.82) is 0 Å². The molecule has 0 saturated heterocycles. The van der Waals surface area contributed by atoms with E-state index < -0.39 is 0 Å². The van der Waals surface area contributed by atoms with Gasteiger partial charge in [0.15, 0.2) is 0 Å². The molecule has 0 bridgehead atoms. The van der Waals surface area contributed by atoms with Crippen molar-refractivity contribution < 1.29 is 0 Å². The quantitative estimate of drug-likeness (QED) is 0.154. The average Bonchev–Trinajstić information content (AvgIpc) is 3.86. The molecule has 0 radical (unpaired) electrons. The van der Waals surface area contributed by atoms with Crippen molar-refractivity contribution in [1.82, 2.24) is 9.13 Å². The molecule has 0 aliphatic heterocycles. The van der Waals surface area contributed by atoms with Crippen LogP contribution in [-0.2, 0) is 0 Å². The van der Waals surface area contributed by atoms with Crippen LogP contribution in [0.25, 0.3) is 121 Å². The van der Waals surface area contributed by atoms with Gasteiger partial charge in [-0.15, -0.1) is 0 Å². The van der Waals surface area contributed by atoms with E-state index in [0.717, 1.165) is 0 Å². The minimum Gasteiger partial charge on any atom is -0.309 e. The zero-order valence-electron chi connectivity index (χ0n) is 33.8. The molecule has 0 spiro atoms. The van der Waals surface area contributed by atoms with Gasteiger partial charge in [0.05, 0.1) is 27.8 Å². The van der Waals surface area contributed by atoms with Gasteiger partial charge >= 0.3 is 0 Å². The fraction of sp³-hybridized carbons (Fsp3) is 0. The number of rotatable bonds is 5. The summed E-state index contributed by atoms with van der Waals surface area (Å²) in [5.41, 5.74) is 14.5. The highest BCUT2D eigenvalue weighted by Crippen LogP contribution is 2.45. The molecule has 13 aromatic rings. The van der Waals surface area contributed by atoms with Gasteiger partial charge < -0.3 is 9.13 Å². The summed E-state index contributed by atoms with van der Waals surface area (Å²) in [4.78, 5) is 0. The predicted octanol–water partition coefficient (Wildman–Crippen LogP) is 16.3. The van der Waals surface area contributed by atoms with Crippen LogP contribution >= 0.6 is 0 Å². The monoisotopic (exact) mass is 786 g/mol. The number of hydrogen-bond acceptors (Lipinski definition) is 0. The zero-order chi connectivity index (χ0) is 40.7.